The van der Waals surface area contributed by atoms with Crippen LogP contribution in [0.25, 0.3) is 109 Å². The molecule has 0 heteroatoms. The van der Waals surface area contributed by atoms with Crippen LogP contribution in [-0.4, -0.2) is 0 Å². The highest BCUT2D eigenvalue weighted by Crippen LogP contribution is 2.45. The first-order valence-electron chi connectivity index (χ1n) is 18.1. The highest BCUT2D eigenvalue weighted by atomic mass is 14.2. The summed E-state index contributed by atoms with van der Waals surface area (Å²) in [4.78, 5) is 0. The van der Waals surface area contributed by atoms with Gasteiger partial charge in [0.15, 0.2) is 0 Å². The van der Waals surface area contributed by atoms with Gasteiger partial charge in [-0.2, -0.15) is 0 Å². The lowest BCUT2D eigenvalue weighted by Gasteiger charge is -2.18. The smallest absolute Gasteiger partial charge is 0.00137 e. The summed E-state index contributed by atoms with van der Waals surface area (Å²) in [5, 5.41) is 18.0. The Morgan fingerprint density at radius 2 is 0.519 bits per heavy atom. The molecule has 0 fully saturated rings. The monoisotopic (exact) mass is 656 g/mol. The minimum Gasteiger partial charge on any atom is -0.0622 e. The molecular weight excluding hydrogens is 625 g/mol. The third-order valence-electron chi connectivity index (χ3n) is 11.2. The zero-order chi connectivity index (χ0) is 34.2. The second-order valence-corrected chi connectivity index (χ2v) is 14.1. The van der Waals surface area contributed by atoms with Gasteiger partial charge in [-0.25, -0.2) is 0 Å². The minimum atomic E-state index is 1.23. The van der Waals surface area contributed by atoms with E-state index in [1.165, 1.54) is 109 Å². The van der Waals surface area contributed by atoms with Crippen molar-refractivity contribution in [2.24, 2.45) is 0 Å². The van der Waals surface area contributed by atoms with Crippen LogP contribution in [-0.2, 0) is 0 Å². The van der Waals surface area contributed by atoms with E-state index in [1.54, 1.807) is 0 Å². The average molecular weight is 657 g/mol. The minimum absolute atomic E-state index is 1.23. The molecule has 240 valence electrons. The standard InChI is InChI=1S/C52H32/c1-2-10-33(11-3-1)41-24-26-45-46-27-25-42(32-50(46)52-48-17-9-7-15-44(48)43-14-6-8-16-47(43)51(52)49(45)31-41)40-23-22-38-29-37(20-21-39(38)30-40)36-19-18-34-12-4-5-13-35(34)28-36/h1-32H. The first-order chi connectivity index (χ1) is 25.8. The molecule has 0 bridgehead atoms. The molecule has 0 N–H and O–H groups in total. The molecule has 0 aromatic heterocycles. The Hall–Kier alpha value is -6.76. The van der Waals surface area contributed by atoms with Gasteiger partial charge >= 0.3 is 0 Å². The fourth-order valence-corrected chi connectivity index (χ4v) is 8.64. The molecule has 0 amide bonds. The van der Waals surface area contributed by atoms with Crippen LogP contribution in [0, 0.1) is 0 Å². The van der Waals surface area contributed by atoms with Crippen molar-refractivity contribution in [2.45, 2.75) is 0 Å². The van der Waals surface area contributed by atoms with Crippen LogP contribution in [0.2, 0.25) is 0 Å². The van der Waals surface area contributed by atoms with Gasteiger partial charge in [-0.15, -0.1) is 0 Å². The third kappa shape index (κ3) is 4.48. The quantitative estimate of drug-likeness (QED) is 0.166. The number of fused-ring (bicyclic) bond motifs is 13. The van der Waals surface area contributed by atoms with Gasteiger partial charge in [-0.3, -0.25) is 0 Å². The van der Waals surface area contributed by atoms with Gasteiger partial charge in [0.25, 0.3) is 0 Å². The zero-order valence-electron chi connectivity index (χ0n) is 28.5. The lowest BCUT2D eigenvalue weighted by atomic mass is 9.85. The van der Waals surface area contributed by atoms with Crippen LogP contribution in [0.1, 0.15) is 0 Å². The normalized spacial score (nSPS) is 11.8. The summed E-state index contributed by atoms with van der Waals surface area (Å²) < 4.78 is 0. The Bertz CT molecular complexity index is 3220. The van der Waals surface area contributed by atoms with E-state index in [2.05, 4.69) is 194 Å². The maximum atomic E-state index is 2.44. The van der Waals surface area contributed by atoms with Crippen LogP contribution >= 0.6 is 0 Å². The fraction of sp³-hybridized carbons (Fsp3) is 0. The van der Waals surface area contributed by atoms with Gasteiger partial charge in [0.2, 0.25) is 0 Å². The summed E-state index contributed by atoms with van der Waals surface area (Å²) in [5.74, 6) is 0. The van der Waals surface area contributed by atoms with Crippen LogP contribution in [0.4, 0.5) is 0 Å². The lowest BCUT2D eigenvalue weighted by Crippen LogP contribution is -1.90. The Balaban J connectivity index is 1.14. The molecule has 11 aromatic rings. The molecule has 0 spiro atoms. The second-order valence-electron chi connectivity index (χ2n) is 14.1. The Morgan fingerprint density at radius 1 is 0.173 bits per heavy atom. The van der Waals surface area contributed by atoms with Crippen LogP contribution in [0.5, 0.6) is 0 Å². The maximum absolute atomic E-state index is 2.44. The Morgan fingerprint density at radius 3 is 1.06 bits per heavy atom. The highest BCUT2D eigenvalue weighted by Gasteiger charge is 2.17. The van der Waals surface area contributed by atoms with Gasteiger partial charge in [0.1, 0.15) is 0 Å². The molecular formula is C52H32. The molecule has 0 unspecified atom stereocenters. The summed E-state index contributed by atoms with van der Waals surface area (Å²) >= 11 is 0. The number of benzene rings is 11. The zero-order valence-corrected chi connectivity index (χ0v) is 28.5. The van der Waals surface area contributed by atoms with Gasteiger partial charge in [0.05, 0.1) is 0 Å². The molecule has 0 nitrogen and oxygen atoms in total. The van der Waals surface area contributed by atoms with E-state index in [-0.39, 0.29) is 0 Å². The van der Waals surface area contributed by atoms with Crippen LogP contribution in [0.3, 0.4) is 0 Å². The van der Waals surface area contributed by atoms with E-state index < -0.39 is 0 Å². The molecule has 0 radical (unpaired) electrons. The molecule has 0 aliphatic rings. The maximum Gasteiger partial charge on any atom is -0.00137 e. The first-order valence-corrected chi connectivity index (χ1v) is 18.1. The van der Waals surface area contributed by atoms with E-state index in [0.717, 1.165) is 0 Å². The molecule has 0 aliphatic carbocycles. The SMILES string of the molecule is c1ccc(-c2ccc3c4ccc(-c5ccc6cc(-c7ccc8ccccc8c7)ccc6c5)cc4c4c5ccccc5c5ccccc5c4c3c2)cc1. The average Bonchev–Trinajstić information content (AvgIpc) is 3.23. The van der Waals surface area contributed by atoms with E-state index in [1.807, 2.05) is 0 Å². The summed E-state index contributed by atoms with van der Waals surface area (Å²) in [6, 6.07) is 71.9. The molecule has 0 heterocycles. The number of hydrogen-bond donors (Lipinski definition) is 0. The molecule has 0 saturated carbocycles. The van der Waals surface area contributed by atoms with Crippen LogP contribution in [0.15, 0.2) is 194 Å². The van der Waals surface area contributed by atoms with Crippen molar-refractivity contribution in [1.29, 1.82) is 0 Å². The van der Waals surface area contributed by atoms with Crippen molar-refractivity contribution >= 4 is 75.4 Å². The lowest BCUT2D eigenvalue weighted by molar-refractivity contribution is 1.65. The predicted molar refractivity (Wildman–Crippen MR) is 225 cm³/mol. The van der Waals surface area contributed by atoms with Crippen molar-refractivity contribution in [1.82, 2.24) is 0 Å². The van der Waals surface area contributed by atoms with Crippen molar-refractivity contribution in [3.05, 3.63) is 194 Å². The molecule has 0 aliphatic heterocycles. The van der Waals surface area contributed by atoms with Crippen molar-refractivity contribution < 1.29 is 0 Å². The summed E-state index contributed by atoms with van der Waals surface area (Å²) in [6.45, 7) is 0. The summed E-state index contributed by atoms with van der Waals surface area (Å²) in [6.07, 6.45) is 0. The molecule has 52 heavy (non-hydrogen) atoms. The number of hydrogen-bond acceptors (Lipinski definition) is 0. The van der Waals surface area contributed by atoms with E-state index in [9.17, 15) is 0 Å². The van der Waals surface area contributed by atoms with E-state index >= 15 is 0 Å². The largest absolute Gasteiger partial charge is 0.0622 e. The second kappa shape index (κ2) is 11.4. The van der Waals surface area contributed by atoms with Gasteiger partial charge in [0, 0.05) is 0 Å². The fourth-order valence-electron chi connectivity index (χ4n) is 8.64. The topological polar surface area (TPSA) is 0 Å². The molecule has 11 rings (SSSR count). The summed E-state index contributed by atoms with van der Waals surface area (Å²) in [7, 11) is 0. The number of rotatable bonds is 3. The van der Waals surface area contributed by atoms with Crippen molar-refractivity contribution in [2.75, 3.05) is 0 Å². The van der Waals surface area contributed by atoms with E-state index in [0.29, 0.717) is 0 Å². The Labute approximate surface area is 301 Å². The van der Waals surface area contributed by atoms with E-state index in [4.69, 9.17) is 0 Å². The highest BCUT2D eigenvalue weighted by molar-refractivity contribution is 6.39. The Kier molecular flexibility index (Phi) is 6.35. The van der Waals surface area contributed by atoms with Crippen LogP contribution < -0.4 is 0 Å². The van der Waals surface area contributed by atoms with Gasteiger partial charge < -0.3 is 0 Å². The summed E-state index contributed by atoms with van der Waals surface area (Å²) in [5.41, 5.74) is 7.41. The van der Waals surface area contributed by atoms with Gasteiger partial charge in [-0.1, -0.05) is 164 Å². The molecule has 0 atom stereocenters. The van der Waals surface area contributed by atoms with Crippen molar-refractivity contribution in [3.8, 4) is 33.4 Å². The molecule has 0 saturated heterocycles. The molecule has 11 aromatic carbocycles. The van der Waals surface area contributed by atoms with Gasteiger partial charge in [-0.05, 0) is 139 Å². The van der Waals surface area contributed by atoms with Crippen molar-refractivity contribution in [3.63, 3.8) is 0 Å². The first kappa shape index (κ1) is 29.0. The predicted octanol–water partition coefficient (Wildman–Crippen LogP) is 14.8. The third-order valence-corrected chi connectivity index (χ3v) is 11.2.